The Balaban J connectivity index is 2.93. The predicted octanol–water partition coefficient (Wildman–Crippen LogP) is -0.393. The van der Waals surface area contributed by atoms with Crippen LogP contribution < -0.4 is 5.73 Å². The molecule has 0 aromatic carbocycles. The van der Waals surface area contributed by atoms with E-state index >= 15 is 0 Å². The van der Waals surface area contributed by atoms with E-state index < -0.39 is 9.92 Å². The molecule has 0 saturated carbocycles. The average Bonchev–Trinajstić information content (AvgIpc) is 2.31. The number of hydrogen-bond acceptors (Lipinski definition) is 3. The summed E-state index contributed by atoms with van der Waals surface area (Å²) in [5.74, 6) is 0.559. The maximum Gasteiger partial charge on any atom is 0.134 e. The lowest BCUT2D eigenvalue weighted by Gasteiger charge is -2.12. The van der Waals surface area contributed by atoms with E-state index in [1.165, 1.54) is 0 Å². The highest BCUT2D eigenvalue weighted by atomic mass is 32.2. The molecule has 1 heterocycles. The second-order valence-corrected chi connectivity index (χ2v) is 4.58. The third kappa shape index (κ3) is 1.58. The summed E-state index contributed by atoms with van der Waals surface area (Å²) in [7, 11) is -2.29. The average molecular weight is 176 g/mol. The molecule has 11 heavy (non-hydrogen) atoms. The third-order valence-electron chi connectivity index (χ3n) is 1.61. The van der Waals surface area contributed by atoms with Crippen molar-refractivity contribution in [2.75, 3.05) is 19.0 Å². The first-order valence-corrected chi connectivity index (χ1v) is 5.02. The Morgan fingerprint density at radius 1 is 1.73 bits per heavy atom. The minimum Gasteiger partial charge on any atom is -0.318 e. The second-order valence-electron chi connectivity index (χ2n) is 2.28. The summed E-state index contributed by atoms with van der Waals surface area (Å²) >= 11 is 0. The highest BCUT2D eigenvalue weighted by molar-refractivity contribution is 7.91. The molecule has 0 bridgehead atoms. The van der Waals surface area contributed by atoms with Crippen molar-refractivity contribution >= 4 is 16.6 Å². The summed E-state index contributed by atoms with van der Waals surface area (Å²) in [6.07, 6.45) is 0.870. The van der Waals surface area contributed by atoms with E-state index in [1.54, 1.807) is 4.31 Å². The molecular weight excluding hydrogens is 164 g/mol. The van der Waals surface area contributed by atoms with Crippen LogP contribution in [0.1, 0.15) is 6.42 Å². The molecule has 1 unspecified atom stereocenters. The Kier molecular flexibility index (Phi) is 2.58. The van der Waals surface area contributed by atoms with Gasteiger partial charge >= 0.3 is 0 Å². The molecular formula is C5H12N4OS. The monoisotopic (exact) mass is 176 g/mol. The fraction of sp³-hybridized carbons (Fsp3) is 0.800. The van der Waals surface area contributed by atoms with Gasteiger partial charge in [-0.25, -0.2) is 8.51 Å². The zero-order valence-corrected chi connectivity index (χ0v) is 7.09. The second kappa shape index (κ2) is 3.29. The van der Waals surface area contributed by atoms with Crippen LogP contribution in [0.2, 0.25) is 0 Å². The minimum absolute atomic E-state index is 0.276. The summed E-state index contributed by atoms with van der Waals surface area (Å²) in [5, 5.41) is 3.29. The molecule has 1 rings (SSSR count). The van der Waals surface area contributed by atoms with Crippen molar-refractivity contribution < 1.29 is 4.21 Å². The van der Waals surface area contributed by atoms with Crippen LogP contribution in [-0.2, 0) is 9.92 Å². The van der Waals surface area contributed by atoms with Crippen molar-refractivity contribution in [1.29, 1.82) is 0 Å². The van der Waals surface area contributed by atoms with Gasteiger partial charge in [-0.3, -0.25) is 0 Å². The lowest BCUT2D eigenvalue weighted by Crippen LogP contribution is -2.31. The van der Waals surface area contributed by atoms with Gasteiger partial charge in [0.05, 0.1) is 6.67 Å². The number of nitrogens with two attached hydrogens (primary N) is 1. The normalized spacial score (nSPS) is 32.1. The van der Waals surface area contributed by atoms with Crippen LogP contribution in [-0.4, -0.2) is 34.2 Å². The Labute approximate surface area is 66.6 Å². The summed E-state index contributed by atoms with van der Waals surface area (Å²) in [6, 6.07) is 0. The summed E-state index contributed by atoms with van der Waals surface area (Å²) in [5.41, 5.74) is 5.36. The molecule has 0 aromatic heterocycles. The maximum absolute atomic E-state index is 11.7. The summed E-state index contributed by atoms with van der Waals surface area (Å²) < 4.78 is 16.9. The topological polar surface area (TPSA) is 71.0 Å². The van der Waals surface area contributed by atoms with Crippen molar-refractivity contribution in [3.63, 3.8) is 0 Å². The van der Waals surface area contributed by atoms with Crippen LogP contribution in [0, 0.1) is 0 Å². The van der Waals surface area contributed by atoms with E-state index in [9.17, 15) is 4.21 Å². The molecule has 0 spiro atoms. The minimum atomic E-state index is -2.29. The van der Waals surface area contributed by atoms with Crippen LogP contribution in [0.4, 0.5) is 0 Å². The Morgan fingerprint density at radius 3 is 3.00 bits per heavy atom. The lowest BCUT2D eigenvalue weighted by molar-refractivity contribution is 0.482. The van der Waals surface area contributed by atoms with Gasteiger partial charge in [-0.2, -0.15) is 5.10 Å². The molecule has 1 aliphatic heterocycles. The van der Waals surface area contributed by atoms with E-state index in [0.29, 0.717) is 5.75 Å². The zero-order chi connectivity index (χ0) is 8.32. The first kappa shape index (κ1) is 8.63. The quantitative estimate of drug-likeness (QED) is 0.459. The van der Waals surface area contributed by atoms with Gasteiger partial charge in [0.15, 0.2) is 0 Å². The van der Waals surface area contributed by atoms with Gasteiger partial charge in [0.1, 0.15) is 9.92 Å². The highest BCUT2D eigenvalue weighted by Crippen LogP contribution is 2.14. The smallest absolute Gasteiger partial charge is 0.134 e. The SMILES string of the molecule is C=NN=S1(=O)CCCN1CN. The van der Waals surface area contributed by atoms with Crippen LogP contribution in [0.15, 0.2) is 9.57 Å². The van der Waals surface area contributed by atoms with Gasteiger partial charge < -0.3 is 5.73 Å². The van der Waals surface area contributed by atoms with Gasteiger partial charge in [0, 0.05) is 19.0 Å². The molecule has 5 nitrogen and oxygen atoms in total. The third-order valence-corrected chi connectivity index (χ3v) is 3.94. The highest BCUT2D eigenvalue weighted by Gasteiger charge is 2.25. The van der Waals surface area contributed by atoms with Crippen molar-refractivity contribution in [2.45, 2.75) is 6.42 Å². The fourth-order valence-corrected chi connectivity index (χ4v) is 2.87. The number of hydrogen-bond donors (Lipinski definition) is 1. The zero-order valence-electron chi connectivity index (χ0n) is 6.27. The van der Waals surface area contributed by atoms with Gasteiger partial charge in [-0.15, -0.1) is 0 Å². The maximum atomic E-state index is 11.7. The predicted molar refractivity (Wildman–Crippen MR) is 45.4 cm³/mol. The Bertz CT molecular complexity index is 255. The molecule has 1 atom stereocenters. The molecule has 0 amide bonds. The molecule has 1 fully saturated rings. The first-order chi connectivity index (χ1) is 5.23. The van der Waals surface area contributed by atoms with Gasteiger partial charge in [-0.1, -0.05) is 4.47 Å². The molecule has 2 N–H and O–H groups in total. The Morgan fingerprint density at radius 2 is 2.45 bits per heavy atom. The lowest BCUT2D eigenvalue weighted by atomic mass is 10.5. The number of nitrogens with zero attached hydrogens (tertiary/aromatic N) is 3. The molecule has 1 aliphatic rings. The fourth-order valence-electron chi connectivity index (χ4n) is 1.09. The van der Waals surface area contributed by atoms with E-state index in [0.717, 1.165) is 13.0 Å². The largest absolute Gasteiger partial charge is 0.318 e. The van der Waals surface area contributed by atoms with E-state index in [2.05, 4.69) is 16.3 Å². The van der Waals surface area contributed by atoms with Crippen LogP contribution in [0.25, 0.3) is 0 Å². The Hall–Kier alpha value is -0.460. The molecule has 0 radical (unpaired) electrons. The van der Waals surface area contributed by atoms with E-state index in [4.69, 9.17) is 5.73 Å². The van der Waals surface area contributed by atoms with Crippen molar-refractivity contribution in [2.24, 2.45) is 15.3 Å². The van der Waals surface area contributed by atoms with Crippen molar-refractivity contribution in [3.8, 4) is 0 Å². The van der Waals surface area contributed by atoms with Crippen LogP contribution >= 0.6 is 0 Å². The molecule has 0 aromatic rings. The van der Waals surface area contributed by atoms with Crippen LogP contribution in [0.5, 0.6) is 0 Å². The van der Waals surface area contributed by atoms with E-state index in [-0.39, 0.29) is 6.67 Å². The summed E-state index contributed by atoms with van der Waals surface area (Å²) in [6.45, 7) is 4.19. The van der Waals surface area contributed by atoms with Gasteiger partial charge in [0.2, 0.25) is 0 Å². The van der Waals surface area contributed by atoms with Gasteiger partial charge in [-0.05, 0) is 6.42 Å². The molecule has 0 aliphatic carbocycles. The van der Waals surface area contributed by atoms with Crippen molar-refractivity contribution in [3.05, 3.63) is 0 Å². The van der Waals surface area contributed by atoms with Crippen molar-refractivity contribution in [1.82, 2.24) is 4.31 Å². The first-order valence-electron chi connectivity index (χ1n) is 3.38. The molecule has 64 valence electrons. The summed E-state index contributed by atoms with van der Waals surface area (Å²) in [4.78, 5) is 0. The molecule has 6 heteroatoms. The standard InChI is InChI=1S/C5H12N4OS/c1-7-8-11(10)4-2-3-9(11)5-6/h1-6H2. The number of rotatable bonds is 2. The van der Waals surface area contributed by atoms with Gasteiger partial charge in [0.25, 0.3) is 0 Å². The molecule has 1 saturated heterocycles. The van der Waals surface area contributed by atoms with E-state index in [1.807, 2.05) is 0 Å². The van der Waals surface area contributed by atoms with Crippen LogP contribution in [0.3, 0.4) is 0 Å².